The number of nitrogens with one attached hydrogen (secondary N) is 2. The summed E-state index contributed by atoms with van der Waals surface area (Å²) in [6.07, 6.45) is 0. The second-order valence-corrected chi connectivity index (χ2v) is 7.63. The second-order valence-electron chi connectivity index (χ2n) is 7.22. The minimum atomic E-state index is -0.257. The predicted octanol–water partition coefficient (Wildman–Crippen LogP) is 5.25. The lowest BCUT2D eigenvalue weighted by molar-refractivity contribution is 0.0977. The summed E-state index contributed by atoms with van der Waals surface area (Å²) >= 11 is 5.31. The molecule has 0 aliphatic heterocycles. The van der Waals surface area contributed by atoms with Crippen LogP contribution in [0.3, 0.4) is 0 Å². The number of anilines is 1. The molecular formula is C24H21N3O3S. The van der Waals surface area contributed by atoms with Gasteiger partial charge in [-0.05, 0) is 74.6 Å². The zero-order valence-corrected chi connectivity index (χ0v) is 18.2. The van der Waals surface area contributed by atoms with Crippen LogP contribution in [0.5, 0.6) is 5.75 Å². The van der Waals surface area contributed by atoms with Crippen molar-refractivity contribution in [2.45, 2.75) is 13.8 Å². The number of hydrogen-bond acceptors (Lipinski definition) is 5. The van der Waals surface area contributed by atoms with Crippen molar-refractivity contribution in [1.82, 2.24) is 10.3 Å². The van der Waals surface area contributed by atoms with Crippen LogP contribution < -0.4 is 15.4 Å². The van der Waals surface area contributed by atoms with Crippen LogP contribution in [0.15, 0.2) is 65.1 Å². The molecule has 31 heavy (non-hydrogen) atoms. The summed E-state index contributed by atoms with van der Waals surface area (Å²) in [5.41, 5.74) is 5.45. The first kappa shape index (κ1) is 20.6. The summed E-state index contributed by atoms with van der Waals surface area (Å²) in [6, 6.07) is 18.6. The van der Waals surface area contributed by atoms with Crippen LogP contribution >= 0.6 is 12.2 Å². The van der Waals surface area contributed by atoms with Gasteiger partial charge in [0.1, 0.15) is 11.3 Å². The molecule has 0 fully saturated rings. The largest absolute Gasteiger partial charge is 0.497 e. The van der Waals surface area contributed by atoms with Crippen LogP contribution in [0.4, 0.5) is 5.69 Å². The Balaban J connectivity index is 1.49. The van der Waals surface area contributed by atoms with E-state index in [0.29, 0.717) is 28.2 Å². The van der Waals surface area contributed by atoms with E-state index in [1.807, 2.05) is 74.5 Å². The minimum Gasteiger partial charge on any atom is -0.497 e. The topological polar surface area (TPSA) is 76.4 Å². The Morgan fingerprint density at radius 3 is 2.55 bits per heavy atom. The maximum absolute atomic E-state index is 12.5. The fraction of sp³-hybridized carbons (Fsp3) is 0.125. The number of thiocarbonyl (C=S) groups is 1. The number of fused-ring (bicyclic) bond motifs is 1. The molecule has 0 unspecified atom stereocenters. The van der Waals surface area contributed by atoms with Crippen LogP contribution in [0.1, 0.15) is 21.5 Å². The quantitative estimate of drug-likeness (QED) is 0.430. The Labute approximate surface area is 185 Å². The number of nitrogens with zero attached hydrogens (tertiary/aromatic N) is 1. The van der Waals surface area contributed by atoms with Gasteiger partial charge < -0.3 is 14.5 Å². The molecule has 1 heterocycles. The molecule has 156 valence electrons. The van der Waals surface area contributed by atoms with Gasteiger partial charge in [0, 0.05) is 16.8 Å². The molecule has 0 aliphatic carbocycles. The molecule has 6 nitrogen and oxygen atoms in total. The summed E-state index contributed by atoms with van der Waals surface area (Å²) in [6.45, 7) is 3.90. The highest BCUT2D eigenvalue weighted by molar-refractivity contribution is 7.80. The fourth-order valence-corrected chi connectivity index (χ4v) is 3.54. The molecular weight excluding hydrogens is 410 g/mol. The van der Waals surface area contributed by atoms with Crippen LogP contribution in [-0.2, 0) is 0 Å². The molecule has 4 aromatic rings. The smallest absolute Gasteiger partial charge is 0.257 e. The van der Waals surface area contributed by atoms with Gasteiger partial charge >= 0.3 is 0 Å². The number of methoxy groups -OCH3 is 1. The highest BCUT2D eigenvalue weighted by atomic mass is 32.1. The van der Waals surface area contributed by atoms with Gasteiger partial charge in [-0.15, -0.1) is 0 Å². The standard InChI is InChI=1S/C24H21N3O3S/c1-14-9-15(2)11-17(10-14)22(28)27-24(31)25-18-7-8-21-20(13-18)26-23(30-21)16-5-4-6-19(12-16)29-3/h4-13H,1-3H3,(H2,25,27,28,31). The van der Waals surface area contributed by atoms with E-state index in [2.05, 4.69) is 15.6 Å². The lowest BCUT2D eigenvalue weighted by Gasteiger charge is -2.10. The SMILES string of the molecule is COc1cccc(-c2nc3cc(NC(=S)NC(=O)c4cc(C)cc(C)c4)ccc3o2)c1. The molecule has 0 radical (unpaired) electrons. The first-order valence-corrected chi connectivity index (χ1v) is 10.1. The van der Waals surface area contributed by atoms with E-state index in [4.69, 9.17) is 21.4 Å². The number of ether oxygens (including phenoxy) is 1. The number of carbonyl (C=O) groups is 1. The second kappa shape index (κ2) is 8.57. The molecule has 0 saturated heterocycles. The fourth-order valence-electron chi connectivity index (χ4n) is 3.33. The number of carbonyl (C=O) groups excluding carboxylic acids is 1. The van der Waals surface area contributed by atoms with Crippen LogP contribution in [0.25, 0.3) is 22.6 Å². The van der Waals surface area contributed by atoms with Gasteiger partial charge in [0.25, 0.3) is 5.91 Å². The van der Waals surface area contributed by atoms with Crippen molar-refractivity contribution in [2.75, 3.05) is 12.4 Å². The van der Waals surface area contributed by atoms with Crippen molar-refractivity contribution < 1.29 is 13.9 Å². The number of aryl methyl sites for hydroxylation is 2. The van der Waals surface area contributed by atoms with E-state index in [0.717, 1.165) is 22.4 Å². The van der Waals surface area contributed by atoms with E-state index < -0.39 is 0 Å². The van der Waals surface area contributed by atoms with E-state index in [1.165, 1.54) is 0 Å². The molecule has 7 heteroatoms. The third-order valence-electron chi connectivity index (χ3n) is 4.67. The van der Waals surface area contributed by atoms with Gasteiger partial charge in [-0.25, -0.2) is 4.98 Å². The average Bonchev–Trinajstić information content (AvgIpc) is 3.16. The van der Waals surface area contributed by atoms with E-state index in [-0.39, 0.29) is 11.0 Å². The Hall–Kier alpha value is -3.71. The molecule has 3 aromatic carbocycles. The van der Waals surface area contributed by atoms with Crippen molar-refractivity contribution in [2.24, 2.45) is 0 Å². The maximum atomic E-state index is 12.5. The molecule has 0 saturated carbocycles. The number of amides is 1. The maximum Gasteiger partial charge on any atom is 0.257 e. The third kappa shape index (κ3) is 4.73. The zero-order valence-electron chi connectivity index (χ0n) is 17.4. The van der Waals surface area contributed by atoms with Crippen molar-refractivity contribution >= 4 is 40.0 Å². The number of rotatable bonds is 4. The van der Waals surface area contributed by atoms with Crippen molar-refractivity contribution in [3.05, 3.63) is 77.4 Å². The molecule has 0 aliphatic rings. The van der Waals surface area contributed by atoms with Gasteiger partial charge in [0.05, 0.1) is 7.11 Å². The zero-order chi connectivity index (χ0) is 22.0. The highest BCUT2D eigenvalue weighted by Crippen LogP contribution is 2.28. The molecule has 1 amide bonds. The Bertz CT molecular complexity index is 1280. The number of oxazole rings is 1. The van der Waals surface area contributed by atoms with E-state index in [9.17, 15) is 4.79 Å². The Kier molecular flexibility index (Phi) is 5.68. The van der Waals surface area contributed by atoms with Gasteiger partial charge in [0.2, 0.25) is 5.89 Å². The average molecular weight is 432 g/mol. The van der Waals surface area contributed by atoms with Crippen molar-refractivity contribution in [3.63, 3.8) is 0 Å². The summed E-state index contributed by atoms with van der Waals surface area (Å²) < 4.78 is 11.1. The monoisotopic (exact) mass is 431 g/mol. The number of aromatic nitrogens is 1. The predicted molar refractivity (Wildman–Crippen MR) is 126 cm³/mol. The first-order chi connectivity index (χ1) is 14.9. The minimum absolute atomic E-state index is 0.208. The summed E-state index contributed by atoms with van der Waals surface area (Å²) in [7, 11) is 1.62. The third-order valence-corrected chi connectivity index (χ3v) is 4.88. The van der Waals surface area contributed by atoms with Crippen LogP contribution in [0, 0.1) is 13.8 Å². The Morgan fingerprint density at radius 2 is 1.81 bits per heavy atom. The van der Waals surface area contributed by atoms with Crippen LogP contribution in [-0.4, -0.2) is 23.1 Å². The molecule has 2 N–H and O–H groups in total. The highest BCUT2D eigenvalue weighted by Gasteiger charge is 2.12. The molecule has 0 spiro atoms. The summed E-state index contributed by atoms with van der Waals surface area (Å²) in [5.74, 6) is 0.968. The van der Waals surface area contributed by atoms with Gasteiger partial charge in [0.15, 0.2) is 10.7 Å². The lowest BCUT2D eigenvalue weighted by atomic mass is 10.1. The Morgan fingerprint density at radius 1 is 1.03 bits per heavy atom. The van der Waals surface area contributed by atoms with Gasteiger partial charge in [-0.1, -0.05) is 23.3 Å². The number of benzene rings is 3. The summed E-state index contributed by atoms with van der Waals surface area (Å²) in [4.78, 5) is 17.1. The molecule has 0 atom stereocenters. The normalized spacial score (nSPS) is 10.7. The molecule has 1 aromatic heterocycles. The molecule has 4 rings (SSSR count). The van der Waals surface area contributed by atoms with Crippen molar-refractivity contribution in [1.29, 1.82) is 0 Å². The lowest BCUT2D eigenvalue weighted by Crippen LogP contribution is -2.34. The van der Waals surface area contributed by atoms with Crippen LogP contribution in [0.2, 0.25) is 0 Å². The van der Waals surface area contributed by atoms with E-state index in [1.54, 1.807) is 7.11 Å². The van der Waals surface area contributed by atoms with Gasteiger partial charge in [-0.3, -0.25) is 10.1 Å². The molecule has 0 bridgehead atoms. The van der Waals surface area contributed by atoms with E-state index >= 15 is 0 Å². The number of hydrogen-bond donors (Lipinski definition) is 2. The first-order valence-electron chi connectivity index (χ1n) is 9.67. The van der Waals surface area contributed by atoms with Gasteiger partial charge in [-0.2, -0.15) is 0 Å². The summed E-state index contributed by atoms with van der Waals surface area (Å²) in [5, 5.41) is 5.95. The van der Waals surface area contributed by atoms with Crippen molar-refractivity contribution in [3.8, 4) is 17.2 Å².